The van der Waals surface area contributed by atoms with Crippen LogP contribution in [0.5, 0.6) is 5.75 Å². The smallest absolute Gasteiger partial charge is 0.338 e. The second kappa shape index (κ2) is 17.5. The summed E-state index contributed by atoms with van der Waals surface area (Å²) in [5, 5.41) is 0. The molecule has 0 aliphatic rings. The molecule has 4 rings (SSSR count). The lowest BCUT2D eigenvalue weighted by atomic mass is 9.92. The minimum atomic E-state index is -0.308. The van der Waals surface area contributed by atoms with Gasteiger partial charge >= 0.3 is 11.9 Å². The minimum absolute atomic E-state index is 0.144. The lowest BCUT2D eigenvalue weighted by Crippen LogP contribution is -2.06. The van der Waals surface area contributed by atoms with E-state index in [1.54, 1.807) is 6.92 Å². The Morgan fingerprint density at radius 1 is 0.750 bits per heavy atom. The van der Waals surface area contributed by atoms with Gasteiger partial charge in [-0.3, -0.25) is 4.79 Å². The zero-order chi connectivity index (χ0) is 31.0. The van der Waals surface area contributed by atoms with Crippen LogP contribution in [0.25, 0.3) is 17.2 Å². The van der Waals surface area contributed by atoms with Gasteiger partial charge in [0.25, 0.3) is 0 Å². The van der Waals surface area contributed by atoms with Crippen molar-refractivity contribution in [3.8, 4) is 16.9 Å². The van der Waals surface area contributed by atoms with E-state index in [4.69, 9.17) is 14.2 Å². The molecule has 0 aliphatic heterocycles. The van der Waals surface area contributed by atoms with Gasteiger partial charge in [0.15, 0.2) is 0 Å². The molecule has 0 heterocycles. The van der Waals surface area contributed by atoms with Crippen LogP contribution in [0.2, 0.25) is 0 Å². The van der Waals surface area contributed by atoms with Crippen molar-refractivity contribution in [2.24, 2.45) is 5.92 Å². The third-order valence-corrected chi connectivity index (χ3v) is 7.43. The van der Waals surface area contributed by atoms with Crippen LogP contribution >= 0.6 is 0 Å². The Morgan fingerprint density at radius 3 is 2.23 bits per heavy atom. The number of hydrogen-bond donors (Lipinski definition) is 0. The lowest BCUT2D eigenvalue weighted by Gasteiger charge is -2.15. The molecule has 44 heavy (non-hydrogen) atoms. The molecule has 5 heteroatoms. The van der Waals surface area contributed by atoms with Gasteiger partial charge in [-0.15, -0.1) is 0 Å². The molecule has 0 aromatic heterocycles. The summed E-state index contributed by atoms with van der Waals surface area (Å²) in [7, 11) is 0. The van der Waals surface area contributed by atoms with Crippen molar-refractivity contribution in [2.45, 2.75) is 52.6 Å². The van der Waals surface area contributed by atoms with E-state index in [9.17, 15) is 9.59 Å². The summed E-state index contributed by atoms with van der Waals surface area (Å²) in [4.78, 5) is 23.9. The van der Waals surface area contributed by atoms with Crippen LogP contribution in [0.4, 0.5) is 0 Å². The van der Waals surface area contributed by atoms with Gasteiger partial charge in [0, 0.05) is 12.0 Å². The zero-order valence-electron chi connectivity index (χ0n) is 25.7. The number of allylic oxidation sites excluding steroid dienone is 1. The van der Waals surface area contributed by atoms with E-state index >= 15 is 0 Å². The molecule has 1 unspecified atom stereocenters. The average Bonchev–Trinajstić information content (AvgIpc) is 3.06. The fraction of sp³-hybridized carbons (Fsp3) is 0.282. The quantitative estimate of drug-likeness (QED) is 0.0962. The Kier molecular flexibility index (Phi) is 12.8. The van der Waals surface area contributed by atoms with Gasteiger partial charge < -0.3 is 14.2 Å². The van der Waals surface area contributed by atoms with Crippen molar-refractivity contribution >= 4 is 18.0 Å². The first-order chi connectivity index (χ1) is 21.6. The summed E-state index contributed by atoms with van der Waals surface area (Å²) < 4.78 is 16.6. The summed E-state index contributed by atoms with van der Waals surface area (Å²) in [5.74, 6) is 0.607. The van der Waals surface area contributed by atoms with Crippen molar-refractivity contribution in [2.75, 3.05) is 13.2 Å². The molecular formula is C39H42O5. The fourth-order valence-corrected chi connectivity index (χ4v) is 5.16. The van der Waals surface area contributed by atoms with Crippen LogP contribution in [0.1, 0.15) is 66.6 Å². The molecule has 0 spiro atoms. The topological polar surface area (TPSA) is 61.8 Å². The predicted octanol–water partition coefficient (Wildman–Crippen LogP) is 9.10. The molecule has 0 saturated heterocycles. The predicted molar refractivity (Wildman–Crippen MR) is 176 cm³/mol. The standard InChI is InChI=1S/C39H42O5/c1-3-42-38(40)21-13-8-14-30(28-31-23-26-34(27-24-31)39(41)43-4-2)22-25-33-17-10-12-20-37(33)44-29-35-18-9-11-19-36(35)32-15-6-5-7-16-32/h5-7,9-12,15-20,22-27,30H,3-4,8,13-14,21,28-29H2,1-2H3. The van der Waals surface area contributed by atoms with Crippen LogP contribution in [0.15, 0.2) is 109 Å². The van der Waals surface area contributed by atoms with E-state index in [1.807, 2.05) is 61.5 Å². The number of rotatable bonds is 16. The molecule has 4 aromatic rings. The van der Waals surface area contributed by atoms with Crippen molar-refractivity contribution < 1.29 is 23.8 Å². The summed E-state index contributed by atoms with van der Waals surface area (Å²) in [6.07, 6.45) is 8.23. The maximum absolute atomic E-state index is 12.1. The van der Waals surface area contributed by atoms with Gasteiger partial charge in [-0.2, -0.15) is 0 Å². The highest BCUT2D eigenvalue weighted by molar-refractivity contribution is 5.89. The molecule has 0 aliphatic carbocycles. The van der Waals surface area contributed by atoms with E-state index in [-0.39, 0.29) is 17.9 Å². The summed E-state index contributed by atoms with van der Waals surface area (Å²) in [5.41, 5.74) is 6.17. The van der Waals surface area contributed by atoms with Crippen LogP contribution in [-0.4, -0.2) is 25.2 Å². The molecule has 0 fully saturated rings. The van der Waals surface area contributed by atoms with Gasteiger partial charge in [-0.1, -0.05) is 104 Å². The van der Waals surface area contributed by atoms with Gasteiger partial charge in [-0.25, -0.2) is 4.79 Å². The summed E-state index contributed by atoms with van der Waals surface area (Å²) in [6.45, 7) is 4.85. The molecule has 0 radical (unpaired) electrons. The van der Waals surface area contributed by atoms with Crippen molar-refractivity contribution in [3.63, 3.8) is 0 Å². The molecule has 4 aromatic carbocycles. The lowest BCUT2D eigenvalue weighted by molar-refractivity contribution is -0.143. The van der Waals surface area contributed by atoms with E-state index in [0.29, 0.717) is 31.8 Å². The highest BCUT2D eigenvalue weighted by atomic mass is 16.5. The number of carbonyl (C=O) groups excluding carboxylic acids is 2. The first-order valence-electron chi connectivity index (χ1n) is 15.5. The van der Waals surface area contributed by atoms with E-state index in [2.05, 4.69) is 60.7 Å². The Morgan fingerprint density at radius 2 is 1.45 bits per heavy atom. The fourth-order valence-electron chi connectivity index (χ4n) is 5.16. The third-order valence-electron chi connectivity index (χ3n) is 7.43. The van der Waals surface area contributed by atoms with Crippen LogP contribution in [0, 0.1) is 5.92 Å². The molecule has 228 valence electrons. The molecule has 0 saturated carbocycles. The third kappa shape index (κ3) is 9.98. The highest BCUT2D eigenvalue weighted by Gasteiger charge is 2.12. The number of benzene rings is 4. The summed E-state index contributed by atoms with van der Waals surface area (Å²) >= 11 is 0. The molecule has 1 atom stereocenters. The molecule has 0 amide bonds. The number of ether oxygens (including phenoxy) is 3. The molecule has 5 nitrogen and oxygen atoms in total. The van der Waals surface area contributed by atoms with Crippen LogP contribution < -0.4 is 4.74 Å². The van der Waals surface area contributed by atoms with Crippen LogP contribution in [-0.2, 0) is 27.3 Å². The van der Waals surface area contributed by atoms with Gasteiger partial charge in [0.05, 0.1) is 18.8 Å². The number of hydrogen-bond acceptors (Lipinski definition) is 5. The Balaban J connectivity index is 1.47. The number of esters is 2. The zero-order valence-corrected chi connectivity index (χ0v) is 25.7. The van der Waals surface area contributed by atoms with E-state index in [0.717, 1.165) is 53.7 Å². The van der Waals surface area contributed by atoms with Crippen molar-refractivity contribution in [1.29, 1.82) is 0 Å². The first kappa shape index (κ1) is 32.3. The number of carbonyl (C=O) groups is 2. The molecule has 0 N–H and O–H groups in total. The molecule has 0 bridgehead atoms. The van der Waals surface area contributed by atoms with Gasteiger partial charge in [-0.05, 0) is 79.5 Å². The monoisotopic (exact) mass is 590 g/mol. The number of para-hydroxylation sites is 1. The Labute approximate surface area is 261 Å². The highest BCUT2D eigenvalue weighted by Crippen LogP contribution is 2.27. The van der Waals surface area contributed by atoms with E-state index in [1.165, 1.54) is 5.56 Å². The maximum Gasteiger partial charge on any atom is 0.338 e. The average molecular weight is 591 g/mol. The Hall–Kier alpha value is -4.64. The van der Waals surface area contributed by atoms with Gasteiger partial charge in [0.2, 0.25) is 0 Å². The van der Waals surface area contributed by atoms with Crippen LogP contribution in [0.3, 0.4) is 0 Å². The largest absolute Gasteiger partial charge is 0.488 e. The minimum Gasteiger partial charge on any atom is -0.488 e. The van der Waals surface area contributed by atoms with Crippen molar-refractivity contribution in [3.05, 3.63) is 131 Å². The molecular weight excluding hydrogens is 548 g/mol. The normalized spacial score (nSPS) is 11.7. The SMILES string of the molecule is CCOC(=O)CCCCC(C=Cc1ccccc1OCc1ccccc1-c1ccccc1)Cc1ccc(C(=O)OCC)cc1. The first-order valence-corrected chi connectivity index (χ1v) is 15.5. The van der Waals surface area contributed by atoms with E-state index < -0.39 is 0 Å². The second-order valence-electron chi connectivity index (χ2n) is 10.6. The maximum atomic E-state index is 12.1. The van der Waals surface area contributed by atoms with Gasteiger partial charge in [0.1, 0.15) is 12.4 Å². The number of unbranched alkanes of at least 4 members (excludes halogenated alkanes) is 1. The summed E-state index contributed by atoms with van der Waals surface area (Å²) in [6, 6.07) is 34.4. The Bertz CT molecular complexity index is 1490. The second-order valence-corrected chi connectivity index (χ2v) is 10.6. The van der Waals surface area contributed by atoms with Crippen molar-refractivity contribution in [1.82, 2.24) is 0 Å².